The number of hydrogen-bond acceptors (Lipinski definition) is 6. The molecule has 10 heteroatoms. The predicted molar refractivity (Wildman–Crippen MR) is 109 cm³/mol. The van der Waals surface area contributed by atoms with Crippen molar-refractivity contribution >= 4 is 44.6 Å². The van der Waals surface area contributed by atoms with Gasteiger partial charge in [0.2, 0.25) is 5.91 Å². The Morgan fingerprint density at radius 1 is 1.29 bits per heavy atom. The quantitative estimate of drug-likeness (QED) is 0.774. The maximum atomic E-state index is 12.6. The van der Waals surface area contributed by atoms with E-state index in [1.165, 1.54) is 21.7 Å². The molecule has 0 spiro atoms. The van der Waals surface area contributed by atoms with E-state index >= 15 is 0 Å². The third-order valence-electron chi connectivity index (χ3n) is 4.65. The molecule has 3 rings (SSSR count). The predicted octanol–water partition coefficient (Wildman–Crippen LogP) is 2.61. The maximum Gasteiger partial charge on any atom is 0.252 e. The molecule has 0 saturated carbocycles. The molecule has 1 unspecified atom stereocenters. The number of rotatable bonds is 5. The number of sulfonamides is 1. The number of nitrogens with zero attached hydrogens (tertiary/aromatic N) is 3. The summed E-state index contributed by atoms with van der Waals surface area (Å²) in [6.07, 6.45) is 0. The van der Waals surface area contributed by atoms with Crippen LogP contribution in [0.15, 0.2) is 39.9 Å². The topological polar surface area (TPSA) is 93.5 Å². The lowest BCUT2D eigenvalue weighted by atomic mass is 10.2. The zero-order chi connectivity index (χ0) is 20.3. The first-order chi connectivity index (χ1) is 13.3. The molecule has 1 aromatic carbocycles. The molecule has 1 fully saturated rings. The van der Waals surface area contributed by atoms with Crippen LogP contribution in [0.3, 0.4) is 0 Å². The van der Waals surface area contributed by atoms with Gasteiger partial charge in [0, 0.05) is 31.9 Å². The number of nitrogens with one attached hydrogen (secondary N) is 1. The van der Waals surface area contributed by atoms with Crippen LogP contribution >= 0.6 is 22.9 Å². The van der Waals surface area contributed by atoms with Crippen molar-refractivity contribution < 1.29 is 13.2 Å². The Balaban J connectivity index is 1.59. The van der Waals surface area contributed by atoms with E-state index in [4.69, 9.17) is 16.9 Å². The smallest absolute Gasteiger partial charge is 0.252 e. The van der Waals surface area contributed by atoms with Crippen LogP contribution in [0.1, 0.15) is 12.5 Å². The van der Waals surface area contributed by atoms with E-state index in [1.54, 1.807) is 36.6 Å². The summed E-state index contributed by atoms with van der Waals surface area (Å²) in [7, 11) is -3.46. The van der Waals surface area contributed by atoms with E-state index in [-0.39, 0.29) is 10.9 Å². The van der Waals surface area contributed by atoms with Gasteiger partial charge in [-0.1, -0.05) is 17.7 Å². The van der Waals surface area contributed by atoms with Gasteiger partial charge in [-0.3, -0.25) is 9.69 Å². The SMILES string of the molecule is CC(C(=O)Nc1ccc(C#N)c(Cl)c1)N1CCN(S(=O)(=O)c2cccs2)CC1. The Kier molecular flexibility index (Phi) is 6.37. The molecule has 0 aliphatic carbocycles. The van der Waals surface area contributed by atoms with Crippen molar-refractivity contribution in [1.29, 1.82) is 5.26 Å². The van der Waals surface area contributed by atoms with E-state index in [9.17, 15) is 13.2 Å². The van der Waals surface area contributed by atoms with Gasteiger partial charge in [-0.05, 0) is 36.6 Å². The van der Waals surface area contributed by atoms with Crippen LogP contribution in [0.4, 0.5) is 5.69 Å². The lowest BCUT2D eigenvalue weighted by molar-refractivity contribution is -0.121. The minimum atomic E-state index is -3.46. The van der Waals surface area contributed by atoms with Gasteiger partial charge in [-0.15, -0.1) is 11.3 Å². The maximum absolute atomic E-state index is 12.6. The zero-order valence-corrected chi connectivity index (χ0v) is 17.5. The van der Waals surface area contributed by atoms with Crippen LogP contribution in [-0.2, 0) is 14.8 Å². The number of carbonyl (C=O) groups excluding carboxylic acids is 1. The van der Waals surface area contributed by atoms with E-state index in [2.05, 4.69) is 5.32 Å². The number of halogens is 1. The highest BCUT2D eigenvalue weighted by molar-refractivity contribution is 7.91. The Labute approximate surface area is 173 Å². The molecule has 1 aliphatic rings. The number of nitriles is 1. The molecule has 1 atom stereocenters. The number of piperazine rings is 1. The van der Waals surface area contributed by atoms with Crippen LogP contribution in [-0.4, -0.2) is 55.8 Å². The lowest BCUT2D eigenvalue weighted by Crippen LogP contribution is -2.53. The van der Waals surface area contributed by atoms with Crippen LogP contribution in [0, 0.1) is 11.3 Å². The van der Waals surface area contributed by atoms with Gasteiger partial charge in [-0.25, -0.2) is 8.42 Å². The summed E-state index contributed by atoms with van der Waals surface area (Å²) in [6.45, 7) is 3.38. The third kappa shape index (κ3) is 4.37. The highest BCUT2D eigenvalue weighted by Crippen LogP contribution is 2.23. The molecule has 28 heavy (non-hydrogen) atoms. The van der Waals surface area contributed by atoms with Crippen LogP contribution in [0.2, 0.25) is 5.02 Å². The molecule has 1 aliphatic heterocycles. The van der Waals surface area contributed by atoms with Gasteiger partial charge >= 0.3 is 0 Å². The fourth-order valence-electron chi connectivity index (χ4n) is 2.96. The Morgan fingerprint density at radius 3 is 2.57 bits per heavy atom. The molecule has 0 radical (unpaired) electrons. The van der Waals surface area contributed by atoms with Crippen LogP contribution in [0.25, 0.3) is 0 Å². The Morgan fingerprint density at radius 2 is 2.00 bits per heavy atom. The number of anilines is 1. The number of thiophene rings is 1. The summed E-state index contributed by atoms with van der Waals surface area (Å²) in [4.78, 5) is 14.5. The lowest BCUT2D eigenvalue weighted by Gasteiger charge is -2.36. The second-order valence-electron chi connectivity index (χ2n) is 6.34. The fraction of sp³-hybridized carbons (Fsp3) is 0.333. The normalized spacial score (nSPS) is 17.0. The van der Waals surface area contributed by atoms with Crippen LogP contribution < -0.4 is 5.32 Å². The van der Waals surface area contributed by atoms with Crippen molar-refractivity contribution in [3.05, 3.63) is 46.3 Å². The first-order valence-electron chi connectivity index (χ1n) is 8.61. The minimum absolute atomic E-state index is 0.213. The molecule has 2 heterocycles. The summed E-state index contributed by atoms with van der Waals surface area (Å²) in [6, 6.07) is 9.58. The molecule has 0 bridgehead atoms. The van der Waals surface area contributed by atoms with E-state index in [0.717, 1.165) is 0 Å². The largest absolute Gasteiger partial charge is 0.325 e. The molecule has 7 nitrogen and oxygen atoms in total. The van der Waals surface area contributed by atoms with Crippen LogP contribution in [0.5, 0.6) is 0 Å². The van der Waals surface area contributed by atoms with Gasteiger partial charge in [-0.2, -0.15) is 9.57 Å². The Bertz CT molecular complexity index is 994. The van der Waals surface area contributed by atoms with E-state index in [1.807, 2.05) is 11.0 Å². The average Bonchev–Trinajstić information content (AvgIpc) is 3.23. The minimum Gasteiger partial charge on any atom is -0.325 e. The molecule has 1 saturated heterocycles. The van der Waals surface area contributed by atoms with Crippen molar-refractivity contribution in [3.63, 3.8) is 0 Å². The van der Waals surface area contributed by atoms with E-state index < -0.39 is 16.1 Å². The summed E-state index contributed by atoms with van der Waals surface area (Å²) < 4.78 is 27.0. The molecule has 1 aromatic heterocycles. The first kappa shape index (κ1) is 20.8. The molecular weight excluding hydrogens is 420 g/mol. The van der Waals surface area contributed by atoms with Gasteiger partial charge in [0.15, 0.2) is 0 Å². The van der Waals surface area contributed by atoms with Gasteiger partial charge in [0.1, 0.15) is 10.3 Å². The number of benzene rings is 1. The third-order valence-corrected chi connectivity index (χ3v) is 8.23. The standard InChI is InChI=1S/C18H19ClN4O3S2/c1-13(18(24)21-15-5-4-14(12-20)16(19)11-15)22-6-8-23(9-7-22)28(25,26)17-3-2-10-27-17/h2-5,10-11,13H,6-9H2,1H3,(H,21,24). The molecule has 2 aromatic rings. The summed E-state index contributed by atoms with van der Waals surface area (Å²) in [5.74, 6) is -0.213. The monoisotopic (exact) mass is 438 g/mol. The number of carbonyl (C=O) groups is 1. The molecule has 1 amide bonds. The fourth-order valence-corrected chi connectivity index (χ4v) is 5.75. The van der Waals surface area contributed by atoms with Crippen molar-refractivity contribution in [2.24, 2.45) is 0 Å². The highest BCUT2D eigenvalue weighted by atomic mass is 35.5. The first-order valence-corrected chi connectivity index (χ1v) is 11.3. The number of hydrogen-bond donors (Lipinski definition) is 1. The summed E-state index contributed by atoms with van der Waals surface area (Å²) in [5.41, 5.74) is 0.857. The zero-order valence-electron chi connectivity index (χ0n) is 15.1. The summed E-state index contributed by atoms with van der Waals surface area (Å²) >= 11 is 7.20. The highest BCUT2D eigenvalue weighted by Gasteiger charge is 2.32. The second kappa shape index (κ2) is 8.59. The van der Waals surface area contributed by atoms with Gasteiger partial charge < -0.3 is 5.32 Å². The van der Waals surface area contributed by atoms with Crippen molar-refractivity contribution in [2.75, 3.05) is 31.5 Å². The number of amides is 1. The average molecular weight is 439 g/mol. The van der Waals surface area contributed by atoms with E-state index in [0.29, 0.717) is 41.6 Å². The molecule has 1 N–H and O–H groups in total. The van der Waals surface area contributed by atoms with Crippen molar-refractivity contribution in [1.82, 2.24) is 9.21 Å². The van der Waals surface area contributed by atoms with Crippen molar-refractivity contribution in [2.45, 2.75) is 17.2 Å². The Hall–Kier alpha value is -1.96. The van der Waals surface area contributed by atoms with Gasteiger partial charge in [0.05, 0.1) is 16.6 Å². The second-order valence-corrected chi connectivity index (χ2v) is 9.86. The molecular formula is C18H19ClN4O3S2. The summed E-state index contributed by atoms with van der Waals surface area (Å²) in [5, 5.41) is 13.7. The molecule has 148 valence electrons. The van der Waals surface area contributed by atoms with Crippen molar-refractivity contribution in [3.8, 4) is 6.07 Å². The van der Waals surface area contributed by atoms with Gasteiger partial charge in [0.25, 0.3) is 10.0 Å².